The molecule has 0 aromatic carbocycles. The summed E-state index contributed by atoms with van der Waals surface area (Å²) in [4.78, 5) is 14.4. The Labute approximate surface area is 77.4 Å². The smallest absolute Gasteiger partial charge is 0.307 e. The van der Waals surface area contributed by atoms with Crippen LogP contribution in [0.1, 0.15) is 30.9 Å². The number of hydrogen-bond acceptors (Lipinski definition) is 2. The molecule has 0 aliphatic heterocycles. The molecule has 0 aliphatic rings. The highest BCUT2D eigenvalue weighted by molar-refractivity contribution is 5.70. The number of carbonyl (C=O) groups is 1. The van der Waals surface area contributed by atoms with E-state index >= 15 is 0 Å². The number of nitrogens with zero attached hydrogens (tertiary/aromatic N) is 1. The lowest BCUT2D eigenvalue weighted by atomic mass is 10.0. The van der Waals surface area contributed by atoms with Gasteiger partial charge in [-0.3, -0.25) is 9.78 Å². The van der Waals surface area contributed by atoms with Crippen LogP contribution in [0.4, 0.5) is 0 Å². The highest BCUT2D eigenvalue weighted by Crippen LogP contribution is 2.14. The molecule has 0 aliphatic carbocycles. The van der Waals surface area contributed by atoms with Gasteiger partial charge in [0, 0.05) is 12.4 Å². The van der Waals surface area contributed by atoms with Crippen molar-refractivity contribution in [2.75, 3.05) is 0 Å². The lowest BCUT2D eigenvalue weighted by molar-refractivity contribution is -0.136. The third-order valence-corrected chi connectivity index (χ3v) is 1.84. The van der Waals surface area contributed by atoms with Crippen molar-refractivity contribution in [2.45, 2.75) is 26.2 Å². The summed E-state index contributed by atoms with van der Waals surface area (Å²) >= 11 is 0. The van der Waals surface area contributed by atoms with E-state index in [1.807, 2.05) is 6.07 Å². The zero-order valence-corrected chi connectivity index (χ0v) is 7.82. The van der Waals surface area contributed by atoms with Crippen LogP contribution in [0.2, 0.25) is 0 Å². The third-order valence-electron chi connectivity index (χ3n) is 1.84. The number of aliphatic carboxylic acids is 1. The standard InChI is InChI=1S/C10H13NO2/c1-7(2)9-3-8(4-10(12)13)5-11-6-9/h3,5-7H,4H2,1-2H3,(H,12,13). The average Bonchev–Trinajstić information content (AvgIpc) is 2.03. The van der Waals surface area contributed by atoms with Gasteiger partial charge in [0.15, 0.2) is 0 Å². The van der Waals surface area contributed by atoms with E-state index in [1.165, 1.54) is 0 Å². The zero-order valence-electron chi connectivity index (χ0n) is 7.82. The molecule has 0 saturated heterocycles. The highest BCUT2D eigenvalue weighted by atomic mass is 16.4. The monoisotopic (exact) mass is 179 g/mol. The molecule has 0 bridgehead atoms. The molecular formula is C10H13NO2. The summed E-state index contributed by atoms with van der Waals surface area (Å²) in [5.41, 5.74) is 1.84. The topological polar surface area (TPSA) is 50.2 Å². The van der Waals surface area contributed by atoms with Crippen molar-refractivity contribution in [3.05, 3.63) is 29.6 Å². The number of hydrogen-bond donors (Lipinski definition) is 1. The minimum Gasteiger partial charge on any atom is -0.481 e. The Kier molecular flexibility index (Phi) is 3.01. The predicted molar refractivity (Wildman–Crippen MR) is 49.7 cm³/mol. The van der Waals surface area contributed by atoms with Crippen LogP contribution in [0.15, 0.2) is 18.5 Å². The molecule has 0 fully saturated rings. The van der Waals surface area contributed by atoms with Crippen molar-refractivity contribution in [1.82, 2.24) is 4.98 Å². The molecule has 3 heteroatoms. The second-order valence-electron chi connectivity index (χ2n) is 3.35. The Hall–Kier alpha value is -1.38. The second-order valence-corrected chi connectivity index (χ2v) is 3.35. The van der Waals surface area contributed by atoms with E-state index in [2.05, 4.69) is 18.8 Å². The Morgan fingerprint density at radius 3 is 2.77 bits per heavy atom. The molecule has 1 heterocycles. The fraction of sp³-hybridized carbons (Fsp3) is 0.400. The number of pyridine rings is 1. The van der Waals surface area contributed by atoms with Gasteiger partial charge in [-0.2, -0.15) is 0 Å². The maximum atomic E-state index is 10.4. The molecule has 0 saturated carbocycles. The summed E-state index contributed by atoms with van der Waals surface area (Å²) in [6.45, 7) is 4.11. The maximum Gasteiger partial charge on any atom is 0.307 e. The molecule has 1 aromatic rings. The van der Waals surface area contributed by atoms with Crippen LogP contribution in [-0.4, -0.2) is 16.1 Å². The average molecular weight is 179 g/mol. The summed E-state index contributed by atoms with van der Waals surface area (Å²) in [6.07, 6.45) is 3.42. The van der Waals surface area contributed by atoms with Crippen molar-refractivity contribution in [2.24, 2.45) is 0 Å². The van der Waals surface area contributed by atoms with Gasteiger partial charge in [-0.25, -0.2) is 0 Å². The molecular weight excluding hydrogens is 166 g/mol. The number of aromatic nitrogens is 1. The highest BCUT2D eigenvalue weighted by Gasteiger charge is 2.04. The van der Waals surface area contributed by atoms with Crippen LogP contribution in [-0.2, 0) is 11.2 Å². The van der Waals surface area contributed by atoms with Crippen molar-refractivity contribution < 1.29 is 9.90 Å². The van der Waals surface area contributed by atoms with Crippen LogP contribution in [0, 0.1) is 0 Å². The molecule has 0 atom stereocenters. The number of carboxylic acids is 1. The first kappa shape index (κ1) is 9.71. The van der Waals surface area contributed by atoms with Gasteiger partial charge >= 0.3 is 5.97 Å². The first-order chi connectivity index (χ1) is 6.09. The fourth-order valence-corrected chi connectivity index (χ4v) is 1.09. The van der Waals surface area contributed by atoms with Gasteiger partial charge in [0.2, 0.25) is 0 Å². The van der Waals surface area contributed by atoms with E-state index in [-0.39, 0.29) is 6.42 Å². The molecule has 3 nitrogen and oxygen atoms in total. The van der Waals surface area contributed by atoms with Crippen LogP contribution in [0.5, 0.6) is 0 Å². The molecule has 0 spiro atoms. The first-order valence-corrected chi connectivity index (χ1v) is 4.25. The van der Waals surface area contributed by atoms with E-state index in [0.29, 0.717) is 5.92 Å². The largest absolute Gasteiger partial charge is 0.481 e. The van der Waals surface area contributed by atoms with Gasteiger partial charge in [-0.05, 0) is 17.0 Å². The Morgan fingerprint density at radius 1 is 1.54 bits per heavy atom. The number of rotatable bonds is 3. The summed E-state index contributed by atoms with van der Waals surface area (Å²) in [5.74, 6) is -0.427. The maximum absolute atomic E-state index is 10.4. The minimum atomic E-state index is -0.817. The predicted octanol–water partition coefficient (Wildman–Crippen LogP) is 1.83. The lowest BCUT2D eigenvalue weighted by Gasteiger charge is -2.05. The van der Waals surface area contributed by atoms with Crippen molar-refractivity contribution in [3.63, 3.8) is 0 Å². The molecule has 0 radical (unpaired) electrons. The lowest BCUT2D eigenvalue weighted by Crippen LogP contribution is -2.01. The van der Waals surface area contributed by atoms with Crippen LogP contribution < -0.4 is 0 Å². The van der Waals surface area contributed by atoms with Crippen LogP contribution in [0.25, 0.3) is 0 Å². The zero-order chi connectivity index (χ0) is 9.84. The summed E-state index contributed by atoms with van der Waals surface area (Å²) in [6, 6.07) is 1.89. The van der Waals surface area contributed by atoms with E-state index < -0.39 is 5.97 Å². The number of carboxylic acid groups (broad SMARTS) is 1. The summed E-state index contributed by atoms with van der Waals surface area (Å²) < 4.78 is 0. The second kappa shape index (κ2) is 4.03. The molecule has 13 heavy (non-hydrogen) atoms. The SMILES string of the molecule is CC(C)c1cncc(CC(=O)O)c1. The van der Waals surface area contributed by atoms with Crippen LogP contribution >= 0.6 is 0 Å². The Morgan fingerprint density at radius 2 is 2.23 bits per heavy atom. The van der Waals surface area contributed by atoms with Crippen molar-refractivity contribution >= 4 is 5.97 Å². The van der Waals surface area contributed by atoms with E-state index in [1.54, 1.807) is 12.4 Å². The molecule has 1 aromatic heterocycles. The van der Waals surface area contributed by atoms with E-state index in [9.17, 15) is 4.79 Å². The molecule has 0 unspecified atom stereocenters. The van der Waals surface area contributed by atoms with Crippen molar-refractivity contribution in [1.29, 1.82) is 0 Å². The van der Waals surface area contributed by atoms with E-state index in [4.69, 9.17) is 5.11 Å². The third kappa shape index (κ3) is 2.86. The summed E-state index contributed by atoms with van der Waals surface area (Å²) in [5, 5.41) is 8.57. The van der Waals surface area contributed by atoms with Gasteiger partial charge in [-0.1, -0.05) is 19.9 Å². The van der Waals surface area contributed by atoms with Crippen molar-refractivity contribution in [3.8, 4) is 0 Å². The normalized spacial score (nSPS) is 10.4. The Balaban J connectivity index is 2.85. The first-order valence-electron chi connectivity index (χ1n) is 4.25. The van der Waals surface area contributed by atoms with E-state index in [0.717, 1.165) is 11.1 Å². The van der Waals surface area contributed by atoms with Gasteiger partial charge < -0.3 is 5.11 Å². The van der Waals surface area contributed by atoms with Gasteiger partial charge in [0.1, 0.15) is 0 Å². The molecule has 1 rings (SSSR count). The van der Waals surface area contributed by atoms with Gasteiger partial charge in [0.25, 0.3) is 0 Å². The van der Waals surface area contributed by atoms with Crippen LogP contribution in [0.3, 0.4) is 0 Å². The molecule has 1 N–H and O–H groups in total. The summed E-state index contributed by atoms with van der Waals surface area (Å²) in [7, 11) is 0. The molecule has 0 amide bonds. The Bertz CT molecular complexity index is 308. The fourth-order valence-electron chi connectivity index (χ4n) is 1.09. The minimum absolute atomic E-state index is 0.0492. The molecule has 70 valence electrons. The van der Waals surface area contributed by atoms with Gasteiger partial charge in [0.05, 0.1) is 6.42 Å². The quantitative estimate of drug-likeness (QED) is 0.770. The van der Waals surface area contributed by atoms with Gasteiger partial charge in [-0.15, -0.1) is 0 Å².